The number of nitrogens with one attached hydrogen (secondary N) is 1. The SMILES string of the molecule is C#CCCCC(NC)c1c(C)cccc1C. The van der Waals surface area contributed by atoms with Gasteiger partial charge in [0.05, 0.1) is 0 Å². The molecule has 1 rings (SSSR count). The Bertz CT molecular complexity index is 353. The molecule has 0 amide bonds. The van der Waals surface area contributed by atoms with Crippen LogP contribution in [0.1, 0.15) is 42.0 Å². The average Bonchev–Trinajstić information content (AvgIpc) is 2.26. The zero-order valence-electron chi connectivity index (χ0n) is 10.5. The maximum atomic E-state index is 5.28. The molecule has 1 N–H and O–H groups in total. The summed E-state index contributed by atoms with van der Waals surface area (Å²) in [6.07, 6.45) is 8.33. The molecule has 0 heterocycles. The molecule has 1 unspecified atom stereocenters. The summed E-state index contributed by atoms with van der Waals surface area (Å²) < 4.78 is 0. The van der Waals surface area contributed by atoms with Gasteiger partial charge in [0.1, 0.15) is 0 Å². The van der Waals surface area contributed by atoms with Crippen molar-refractivity contribution in [3.05, 3.63) is 34.9 Å². The van der Waals surface area contributed by atoms with Gasteiger partial charge in [0.15, 0.2) is 0 Å². The first-order chi connectivity index (χ1) is 7.70. The Kier molecular flexibility index (Phi) is 5.08. The zero-order chi connectivity index (χ0) is 12.0. The van der Waals surface area contributed by atoms with Gasteiger partial charge in [-0.2, -0.15) is 0 Å². The molecule has 1 heteroatoms. The summed E-state index contributed by atoms with van der Waals surface area (Å²) in [5, 5.41) is 3.39. The fourth-order valence-electron chi connectivity index (χ4n) is 2.22. The maximum absolute atomic E-state index is 5.28. The smallest absolute Gasteiger partial charge is 0.0323 e. The lowest BCUT2D eigenvalue weighted by atomic mass is 9.93. The van der Waals surface area contributed by atoms with Gasteiger partial charge < -0.3 is 5.32 Å². The van der Waals surface area contributed by atoms with Crippen molar-refractivity contribution in [1.82, 2.24) is 5.32 Å². The molecular weight excluding hydrogens is 194 g/mol. The fourth-order valence-corrected chi connectivity index (χ4v) is 2.22. The molecule has 0 aromatic heterocycles. The Morgan fingerprint density at radius 1 is 1.31 bits per heavy atom. The van der Waals surface area contributed by atoms with Crippen LogP contribution >= 0.6 is 0 Å². The monoisotopic (exact) mass is 215 g/mol. The fraction of sp³-hybridized carbons (Fsp3) is 0.467. The lowest BCUT2D eigenvalue weighted by molar-refractivity contribution is 0.527. The molecule has 1 atom stereocenters. The van der Waals surface area contributed by atoms with E-state index in [0.29, 0.717) is 6.04 Å². The zero-order valence-corrected chi connectivity index (χ0v) is 10.5. The van der Waals surface area contributed by atoms with E-state index in [1.807, 2.05) is 7.05 Å². The lowest BCUT2D eigenvalue weighted by Gasteiger charge is -2.20. The molecule has 1 aromatic carbocycles. The van der Waals surface area contributed by atoms with Crippen LogP contribution in [0.2, 0.25) is 0 Å². The van der Waals surface area contributed by atoms with Crippen molar-refractivity contribution in [3.63, 3.8) is 0 Å². The van der Waals surface area contributed by atoms with E-state index in [1.165, 1.54) is 16.7 Å². The Morgan fingerprint density at radius 2 is 1.94 bits per heavy atom. The lowest BCUT2D eigenvalue weighted by Crippen LogP contribution is -2.18. The summed E-state index contributed by atoms with van der Waals surface area (Å²) in [6.45, 7) is 4.35. The first-order valence-corrected chi connectivity index (χ1v) is 5.87. The topological polar surface area (TPSA) is 12.0 Å². The van der Waals surface area contributed by atoms with E-state index >= 15 is 0 Å². The number of hydrogen-bond acceptors (Lipinski definition) is 1. The van der Waals surface area contributed by atoms with Gasteiger partial charge >= 0.3 is 0 Å². The average molecular weight is 215 g/mol. The van der Waals surface area contributed by atoms with E-state index in [-0.39, 0.29) is 0 Å². The van der Waals surface area contributed by atoms with Crippen LogP contribution in [-0.2, 0) is 0 Å². The Hall–Kier alpha value is -1.26. The first kappa shape index (κ1) is 12.8. The van der Waals surface area contributed by atoms with E-state index in [0.717, 1.165) is 19.3 Å². The Balaban J connectivity index is 2.83. The van der Waals surface area contributed by atoms with Crippen molar-refractivity contribution < 1.29 is 0 Å². The standard InChI is InChI=1S/C15H21N/c1-5-6-7-11-14(16-4)15-12(2)9-8-10-13(15)3/h1,8-10,14,16H,6-7,11H2,2-4H3. The molecule has 16 heavy (non-hydrogen) atoms. The molecule has 0 aliphatic rings. The minimum absolute atomic E-state index is 0.426. The van der Waals surface area contributed by atoms with Crippen LogP contribution in [0.4, 0.5) is 0 Å². The van der Waals surface area contributed by atoms with Gasteiger partial charge in [0.2, 0.25) is 0 Å². The molecule has 0 aliphatic heterocycles. The van der Waals surface area contributed by atoms with Gasteiger partial charge in [-0.1, -0.05) is 18.2 Å². The quantitative estimate of drug-likeness (QED) is 0.586. The van der Waals surface area contributed by atoms with Crippen molar-refractivity contribution in [1.29, 1.82) is 0 Å². The second-order valence-electron chi connectivity index (χ2n) is 4.24. The minimum atomic E-state index is 0.426. The maximum Gasteiger partial charge on any atom is 0.0323 e. The van der Waals surface area contributed by atoms with Crippen molar-refractivity contribution in [2.45, 2.75) is 39.2 Å². The van der Waals surface area contributed by atoms with Gasteiger partial charge in [-0.05, 0) is 50.4 Å². The largest absolute Gasteiger partial charge is 0.313 e. The van der Waals surface area contributed by atoms with Crippen molar-refractivity contribution in [3.8, 4) is 12.3 Å². The predicted octanol–water partition coefficient (Wildman–Crippen LogP) is 3.37. The minimum Gasteiger partial charge on any atom is -0.313 e. The second-order valence-corrected chi connectivity index (χ2v) is 4.24. The van der Waals surface area contributed by atoms with Crippen molar-refractivity contribution >= 4 is 0 Å². The van der Waals surface area contributed by atoms with Crippen LogP contribution in [0.5, 0.6) is 0 Å². The van der Waals surface area contributed by atoms with Crippen LogP contribution in [-0.4, -0.2) is 7.05 Å². The van der Waals surface area contributed by atoms with Crippen LogP contribution in [0.25, 0.3) is 0 Å². The van der Waals surface area contributed by atoms with E-state index in [9.17, 15) is 0 Å². The van der Waals surface area contributed by atoms with Gasteiger partial charge in [-0.15, -0.1) is 12.3 Å². The Labute approximate surface area is 99.3 Å². The van der Waals surface area contributed by atoms with Gasteiger partial charge in [0.25, 0.3) is 0 Å². The number of benzene rings is 1. The molecule has 1 aromatic rings. The van der Waals surface area contributed by atoms with E-state index in [1.54, 1.807) is 0 Å². The number of hydrogen-bond donors (Lipinski definition) is 1. The number of aryl methyl sites for hydroxylation is 2. The van der Waals surface area contributed by atoms with E-state index < -0.39 is 0 Å². The predicted molar refractivity (Wildman–Crippen MR) is 70.4 cm³/mol. The summed E-state index contributed by atoms with van der Waals surface area (Å²) in [5.74, 6) is 2.70. The highest BCUT2D eigenvalue weighted by atomic mass is 14.9. The van der Waals surface area contributed by atoms with Crippen LogP contribution < -0.4 is 5.32 Å². The third-order valence-electron chi connectivity index (χ3n) is 3.05. The van der Waals surface area contributed by atoms with Gasteiger partial charge in [-0.3, -0.25) is 0 Å². The molecule has 0 radical (unpaired) electrons. The normalized spacial score (nSPS) is 12.1. The second kappa shape index (κ2) is 6.35. The van der Waals surface area contributed by atoms with Gasteiger partial charge in [-0.25, -0.2) is 0 Å². The van der Waals surface area contributed by atoms with E-state index in [2.05, 4.69) is 43.3 Å². The van der Waals surface area contributed by atoms with Crippen molar-refractivity contribution in [2.75, 3.05) is 7.05 Å². The molecule has 0 aliphatic carbocycles. The summed E-state index contributed by atoms with van der Waals surface area (Å²) >= 11 is 0. The molecular formula is C15H21N. The summed E-state index contributed by atoms with van der Waals surface area (Å²) in [6, 6.07) is 6.89. The molecule has 86 valence electrons. The highest BCUT2D eigenvalue weighted by molar-refractivity contribution is 5.36. The van der Waals surface area contributed by atoms with Crippen molar-refractivity contribution in [2.24, 2.45) is 0 Å². The summed E-state index contributed by atoms with van der Waals surface area (Å²) in [7, 11) is 2.02. The first-order valence-electron chi connectivity index (χ1n) is 5.87. The molecule has 1 nitrogen and oxygen atoms in total. The van der Waals surface area contributed by atoms with Crippen LogP contribution in [0.3, 0.4) is 0 Å². The summed E-state index contributed by atoms with van der Waals surface area (Å²) in [4.78, 5) is 0. The third kappa shape index (κ3) is 3.12. The number of terminal acetylenes is 1. The number of rotatable bonds is 5. The highest BCUT2D eigenvalue weighted by Crippen LogP contribution is 2.25. The van der Waals surface area contributed by atoms with Crippen LogP contribution in [0, 0.1) is 26.2 Å². The molecule has 0 spiro atoms. The Morgan fingerprint density at radius 3 is 2.44 bits per heavy atom. The molecule has 0 fully saturated rings. The van der Waals surface area contributed by atoms with Gasteiger partial charge in [0, 0.05) is 12.5 Å². The third-order valence-corrected chi connectivity index (χ3v) is 3.05. The molecule has 0 bridgehead atoms. The van der Waals surface area contributed by atoms with Crippen LogP contribution in [0.15, 0.2) is 18.2 Å². The summed E-state index contributed by atoms with van der Waals surface area (Å²) in [5.41, 5.74) is 4.15. The van der Waals surface area contributed by atoms with E-state index in [4.69, 9.17) is 6.42 Å². The molecule has 0 saturated carbocycles. The highest BCUT2D eigenvalue weighted by Gasteiger charge is 2.13. The number of unbranched alkanes of at least 4 members (excludes halogenated alkanes) is 1. The molecule has 0 saturated heterocycles.